The fraction of sp³-hybridized carbons (Fsp3) is 0.318. The summed E-state index contributed by atoms with van der Waals surface area (Å²) in [5.74, 6) is -0.419. The van der Waals surface area contributed by atoms with Gasteiger partial charge in [-0.3, -0.25) is 4.79 Å². The minimum Gasteiger partial charge on any atom is -0.392 e. The highest BCUT2D eigenvalue weighted by Crippen LogP contribution is 2.28. The van der Waals surface area contributed by atoms with Crippen molar-refractivity contribution in [1.29, 1.82) is 0 Å². The summed E-state index contributed by atoms with van der Waals surface area (Å²) in [6.45, 7) is 2.21. The SMILES string of the molecule is Cc1[nH]c2ccc(Br)cc2c1CCNC(=O)C1CC(O)CN1S(=O)(=O)c1ccc(Cl)cc1. The normalized spacial score (nSPS) is 19.5. The lowest BCUT2D eigenvalue weighted by Gasteiger charge is -2.23. The van der Waals surface area contributed by atoms with Gasteiger partial charge in [0.05, 0.1) is 11.0 Å². The summed E-state index contributed by atoms with van der Waals surface area (Å²) in [7, 11) is -3.95. The van der Waals surface area contributed by atoms with E-state index in [0.29, 0.717) is 18.0 Å². The summed E-state index contributed by atoms with van der Waals surface area (Å²) >= 11 is 9.35. The quantitative estimate of drug-likeness (QED) is 0.446. The third-order valence-corrected chi connectivity index (χ3v) is 8.35. The van der Waals surface area contributed by atoms with Crippen LogP contribution < -0.4 is 5.32 Å². The van der Waals surface area contributed by atoms with Crippen molar-refractivity contribution in [2.45, 2.75) is 36.8 Å². The molecular weight excluding hydrogens is 518 g/mol. The first-order valence-electron chi connectivity index (χ1n) is 10.2. The van der Waals surface area contributed by atoms with E-state index in [1.807, 2.05) is 25.1 Å². The van der Waals surface area contributed by atoms with Gasteiger partial charge in [-0.15, -0.1) is 0 Å². The van der Waals surface area contributed by atoms with Crippen LogP contribution in [-0.4, -0.2) is 54.0 Å². The van der Waals surface area contributed by atoms with E-state index in [4.69, 9.17) is 11.6 Å². The van der Waals surface area contributed by atoms with Crippen LogP contribution in [0.25, 0.3) is 10.9 Å². The number of hydrogen-bond donors (Lipinski definition) is 3. The number of fused-ring (bicyclic) bond motifs is 1. The molecule has 0 saturated carbocycles. The van der Waals surface area contributed by atoms with Crippen molar-refractivity contribution in [2.75, 3.05) is 13.1 Å². The minimum atomic E-state index is -3.95. The first-order valence-corrected chi connectivity index (χ1v) is 12.8. The number of H-pyrrole nitrogens is 1. The van der Waals surface area contributed by atoms with Crippen LogP contribution in [0.3, 0.4) is 0 Å². The number of hydrogen-bond acceptors (Lipinski definition) is 4. The van der Waals surface area contributed by atoms with Gasteiger partial charge >= 0.3 is 0 Å². The van der Waals surface area contributed by atoms with Gasteiger partial charge in [-0.05, 0) is 61.4 Å². The van der Waals surface area contributed by atoms with Gasteiger partial charge in [-0.2, -0.15) is 4.31 Å². The number of halogens is 2. The molecular formula is C22H23BrClN3O4S. The number of aromatic amines is 1. The monoisotopic (exact) mass is 539 g/mol. The van der Waals surface area contributed by atoms with Crippen molar-refractivity contribution < 1.29 is 18.3 Å². The van der Waals surface area contributed by atoms with Gasteiger partial charge in [0.15, 0.2) is 0 Å². The topological polar surface area (TPSA) is 102 Å². The molecule has 3 aromatic rings. The smallest absolute Gasteiger partial charge is 0.243 e. The number of aliphatic hydroxyl groups excluding tert-OH is 1. The van der Waals surface area contributed by atoms with Gasteiger partial charge < -0.3 is 15.4 Å². The summed E-state index contributed by atoms with van der Waals surface area (Å²) < 4.78 is 28.2. The molecule has 32 heavy (non-hydrogen) atoms. The van der Waals surface area contributed by atoms with Crippen molar-refractivity contribution >= 4 is 54.4 Å². The van der Waals surface area contributed by atoms with E-state index in [2.05, 4.69) is 26.2 Å². The number of carbonyl (C=O) groups excluding carboxylic acids is 1. The standard InChI is InChI=1S/C22H23BrClN3O4S/c1-13-18(19-10-14(23)2-7-20(19)26-13)8-9-25-22(29)21-11-16(28)12-27(21)32(30,31)17-5-3-15(24)4-6-17/h2-7,10,16,21,26,28H,8-9,11-12H2,1H3,(H,25,29). The van der Waals surface area contributed by atoms with Gasteiger partial charge in [0.2, 0.25) is 15.9 Å². The summed E-state index contributed by atoms with van der Waals surface area (Å²) in [6, 6.07) is 10.8. The summed E-state index contributed by atoms with van der Waals surface area (Å²) in [6.07, 6.45) is -0.258. The van der Waals surface area contributed by atoms with Gasteiger partial charge in [0, 0.05) is 45.6 Å². The molecule has 0 spiro atoms. The van der Waals surface area contributed by atoms with Crippen LogP contribution in [-0.2, 0) is 21.2 Å². The number of aliphatic hydroxyl groups is 1. The Hall–Kier alpha value is -1.91. The lowest BCUT2D eigenvalue weighted by atomic mass is 10.1. The van der Waals surface area contributed by atoms with Crippen molar-refractivity contribution in [1.82, 2.24) is 14.6 Å². The third kappa shape index (κ3) is 4.58. The molecule has 1 aliphatic rings. The second kappa shape index (κ2) is 9.15. The molecule has 0 radical (unpaired) electrons. The van der Waals surface area contributed by atoms with Crippen molar-refractivity contribution in [3.63, 3.8) is 0 Å². The maximum Gasteiger partial charge on any atom is 0.243 e. The molecule has 2 heterocycles. The number of amides is 1. The van der Waals surface area contributed by atoms with E-state index >= 15 is 0 Å². The highest BCUT2D eigenvalue weighted by atomic mass is 79.9. The van der Waals surface area contributed by atoms with Crippen LogP contribution in [0.15, 0.2) is 51.8 Å². The maximum absolute atomic E-state index is 13.1. The molecule has 2 aromatic carbocycles. The van der Waals surface area contributed by atoms with Crippen LogP contribution in [0.5, 0.6) is 0 Å². The lowest BCUT2D eigenvalue weighted by molar-refractivity contribution is -0.124. The number of β-amino-alcohol motifs (C(OH)–C–C–N with tert-alkyl or cyclic N) is 1. The fourth-order valence-electron chi connectivity index (χ4n) is 4.14. The Bertz CT molecular complexity index is 1260. The number of rotatable bonds is 6. The van der Waals surface area contributed by atoms with Crippen LogP contribution >= 0.6 is 27.5 Å². The van der Waals surface area contributed by atoms with Gasteiger partial charge in [0.1, 0.15) is 6.04 Å². The van der Waals surface area contributed by atoms with E-state index in [9.17, 15) is 18.3 Å². The molecule has 7 nitrogen and oxygen atoms in total. The van der Waals surface area contributed by atoms with Crippen LogP contribution in [0.2, 0.25) is 5.02 Å². The zero-order valence-electron chi connectivity index (χ0n) is 17.3. The van der Waals surface area contributed by atoms with Crippen LogP contribution in [0.4, 0.5) is 0 Å². The zero-order chi connectivity index (χ0) is 23.0. The average molecular weight is 541 g/mol. The highest BCUT2D eigenvalue weighted by Gasteiger charge is 2.43. The molecule has 2 unspecified atom stereocenters. The van der Waals surface area contributed by atoms with Crippen molar-refractivity contribution in [2.24, 2.45) is 0 Å². The largest absolute Gasteiger partial charge is 0.392 e. The number of aryl methyl sites for hydroxylation is 1. The Labute approximate surface area is 199 Å². The molecule has 4 rings (SSSR count). The second-order valence-corrected chi connectivity index (χ2v) is 11.1. The molecule has 0 aliphatic carbocycles. The summed E-state index contributed by atoms with van der Waals surface area (Å²) in [5, 5.41) is 14.5. The Morgan fingerprint density at radius 1 is 1.28 bits per heavy atom. The van der Waals surface area contributed by atoms with Crippen molar-refractivity contribution in [3.05, 3.63) is 63.2 Å². The zero-order valence-corrected chi connectivity index (χ0v) is 20.5. The Morgan fingerprint density at radius 3 is 2.72 bits per heavy atom. The molecule has 0 bridgehead atoms. The van der Waals surface area contributed by atoms with Gasteiger partial charge in [-0.1, -0.05) is 27.5 Å². The molecule has 1 fully saturated rings. The number of benzene rings is 2. The molecule has 170 valence electrons. The Morgan fingerprint density at radius 2 is 2.00 bits per heavy atom. The van der Waals surface area contributed by atoms with E-state index < -0.39 is 28.1 Å². The third-order valence-electron chi connectivity index (χ3n) is 5.71. The lowest BCUT2D eigenvalue weighted by Crippen LogP contribution is -2.46. The molecule has 1 amide bonds. The number of carbonyl (C=O) groups is 1. The number of aromatic nitrogens is 1. The average Bonchev–Trinajstić information content (AvgIpc) is 3.28. The summed E-state index contributed by atoms with van der Waals surface area (Å²) in [5.41, 5.74) is 3.14. The van der Waals surface area contributed by atoms with Gasteiger partial charge in [0.25, 0.3) is 0 Å². The maximum atomic E-state index is 13.1. The Kier molecular flexibility index (Phi) is 6.65. The number of nitrogens with one attached hydrogen (secondary N) is 2. The first-order chi connectivity index (χ1) is 15.2. The first kappa shape index (κ1) is 23.3. The molecule has 1 aromatic heterocycles. The number of nitrogens with zero attached hydrogens (tertiary/aromatic N) is 1. The Balaban J connectivity index is 1.47. The molecule has 1 saturated heterocycles. The predicted octanol–water partition coefficient (Wildman–Crippen LogP) is 3.38. The van der Waals surface area contributed by atoms with E-state index in [-0.39, 0.29) is 17.9 Å². The number of sulfonamides is 1. The van der Waals surface area contributed by atoms with Crippen molar-refractivity contribution in [3.8, 4) is 0 Å². The molecule has 1 aliphatic heterocycles. The van der Waals surface area contributed by atoms with E-state index in [1.165, 1.54) is 24.3 Å². The fourth-order valence-corrected chi connectivity index (χ4v) is 6.26. The van der Waals surface area contributed by atoms with Gasteiger partial charge in [-0.25, -0.2) is 8.42 Å². The van der Waals surface area contributed by atoms with Crippen LogP contribution in [0, 0.1) is 6.92 Å². The van der Waals surface area contributed by atoms with Crippen LogP contribution in [0.1, 0.15) is 17.7 Å². The predicted molar refractivity (Wildman–Crippen MR) is 127 cm³/mol. The molecule has 3 N–H and O–H groups in total. The minimum absolute atomic E-state index is 0.0359. The van der Waals surface area contributed by atoms with E-state index in [1.54, 1.807) is 0 Å². The van der Waals surface area contributed by atoms with E-state index in [0.717, 1.165) is 30.9 Å². The molecule has 2 atom stereocenters. The molecule has 10 heteroatoms. The second-order valence-electron chi connectivity index (χ2n) is 7.89. The highest BCUT2D eigenvalue weighted by molar-refractivity contribution is 9.10. The summed E-state index contributed by atoms with van der Waals surface area (Å²) in [4.78, 5) is 16.3.